The van der Waals surface area contributed by atoms with Crippen LogP contribution in [-0.4, -0.2) is 20.1 Å². The third-order valence-electron chi connectivity index (χ3n) is 3.70. The van der Waals surface area contributed by atoms with Crippen molar-refractivity contribution in [2.75, 3.05) is 14.2 Å². The van der Waals surface area contributed by atoms with Crippen molar-refractivity contribution < 1.29 is 14.3 Å². The van der Waals surface area contributed by atoms with Gasteiger partial charge in [0.25, 0.3) is 5.91 Å². The Labute approximate surface area is 137 Å². The molecule has 4 heteroatoms. The maximum Gasteiger partial charge on any atom is 0.251 e. The monoisotopic (exact) mass is 313 g/mol. The van der Waals surface area contributed by atoms with Crippen LogP contribution in [-0.2, 0) is 11.3 Å². The molecule has 0 aliphatic carbocycles. The SMILES string of the molecule is COCc1cccc(C(=O)N[C@H](C)c2cc(C)ccc2OC)c1. The second kappa shape index (κ2) is 7.79. The normalized spacial score (nSPS) is 11.8. The number of nitrogens with one attached hydrogen (secondary N) is 1. The fourth-order valence-electron chi connectivity index (χ4n) is 2.52. The van der Waals surface area contributed by atoms with Crippen molar-refractivity contribution in [1.82, 2.24) is 5.32 Å². The molecule has 2 aromatic carbocycles. The number of aryl methyl sites for hydroxylation is 1. The first kappa shape index (κ1) is 17.0. The molecule has 0 aliphatic heterocycles. The van der Waals surface area contributed by atoms with E-state index in [1.807, 2.05) is 50.2 Å². The highest BCUT2D eigenvalue weighted by Crippen LogP contribution is 2.26. The number of hydrogen-bond donors (Lipinski definition) is 1. The van der Waals surface area contributed by atoms with Crippen LogP contribution in [0.1, 0.15) is 40.0 Å². The number of benzene rings is 2. The summed E-state index contributed by atoms with van der Waals surface area (Å²) < 4.78 is 10.5. The van der Waals surface area contributed by atoms with Crippen molar-refractivity contribution in [1.29, 1.82) is 0 Å². The van der Waals surface area contributed by atoms with Gasteiger partial charge in [0.2, 0.25) is 0 Å². The topological polar surface area (TPSA) is 47.6 Å². The molecule has 0 spiro atoms. The lowest BCUT2D eigenvalue weighted by molar-refractivity contribution is 0.0939. The lowest BCUT2D eigenvalue weighted by Gasteiger charge is -2.18. The molecule has 0 aliphatic rings. The molecule has 0 heterocycles. The van der Waals surface area contributed by atoms with Crippen molar-refractivity contribution in [3.8, 4) is 5.75 Å². The van der Waals surface area contributed by atoms with Gasteiger partial charge in [-0.3, -0.25) is 4.79 Å². The third kappa shape index (κ3) is 4.33. The number of carbonyl (C=O) groups is 1. The summed E-state index contributed by atoms with van der Waals surface area (Å²) in [7, 11) is 3.27. The number of rotatable bonds is 6. The maximum absolute atomic E-state index is 12.5. The predicted molar refractivity (Wildman–Crippen MR) is 90.8 cm³/mol. The average molecular weight is 313 g/mol. The van der Waals surface area contributed by atoms with Crippen LogP contribution < -0.4 is 10.1 Å². The van der Waals surface area contributed by atoms with Crippen LogP contribution in [0.3, 0.4) is 0 Å². The summed E-state index contributed by atoms with van der Waals surface area (Å²) >= 11 is 0. The molecule has 122 valence electrons. The van der Waals surface area contributed by atoms with E-state index < -0.39 is 0 Å². The van der Waals surface area contributed by atoms with Crippen molar-refractivity contribution in [2.45, 2.75) is 26.5 Å². The van der Waals surface area contributed by atoms with Crippen molar-refractivity contribution in [3.63, 3.8) is 0 Å². The molecule has 4 nitrogen and oxygen atoms in total. The fraction of sp³-hybridized carbons (Fsp3) is 0.316. The first-order valence-electron chi connectivity index (χ1n) is 7.58. The molecule has 0 saturated heterocycles. The number of carbonyl (C=O) groups excluding carboxylic acids is 1. The highest BCUT2D eigenvalue weighted by Gasteiger charge is 2.15. The minimum Gasteiger partial charge on any atom is -0.496 e. The zero-order valence-electron chi connectivity index (χ0n) is 14.1. The highest BCUT2D eigenvalue weighted by atomic mass is 16.5. The molecule has 1 N–H and O–H groups in total. The van der Waals surface area contributed by atoms with Crippen LogP contribution in [0.2, 0.25) is 0 Å². The minimum absolute atomic E-state index is 0.112. The minimum atomic E-state index is -0.150. The lowest BCUT2D eigenvalue weighted by atomic mass is 10.0. The van der Waals surface area contributed by atoms with Crippen LogP contribution >= 0.6 is 0 Å². The van der Waals surface area contributed by atoms with E-state index in [1.165, 1.54) is 0 Å². The first-order valence-corrected chi connectivity index (χ1v) is 7.58. The number of amides is 1. The zero-order valence-corrected chi connectivity index (χ0v) is 14.1. The average Bonchev–Trinajstić information content (AvgIpc) is 2.55. The second-order valence-electron chi connectivity index (χ2n) is 5.57. The van der Waals surface area contributed by atoms with Crippen LogP contribution in [0, 0.1) is 6.92 Å². The Kier molecular flexibility index (Phi) is 5.77. The molecule has 0 bridgehead atoms. The van der Waals surface area contributed by atoms with E-state index in [4.69, 9.17) is 9.47 Å². The number of hydrogen-bond acceptors (Lipinski definition) is 3. The standard InChI is InChI=1S/C19H23NO3/c1-13-8-9-18(23-4)17(10-13)14(2)20-19(21)16-7-5-6-15(11-16)12-22-3/h5-11,14H,12H2,1-4H3,(H,20,21)/t14-/m1/s1. The van der Waals surface area contributed by atoms with Gasteiger partial charge in [-0.1, -0.05) is 29.8 Å². The Bertz CT molecular complexity index is 682. The number of methoxy groups -OCH3 is 2. The Morgan fingerprint density at radius 3 is 2.65 bits per heavy atom. The van der Waals surface area contributed by atoms with Gasteiger partial charge in [0, 0.05) is 18.2 Å². The Hall–Kier alpha value is -2.33. The van der Waals surface area contributed by atoms with Crippen molar-refractivity contribution in [3.05, 3.63) is 64.7 Å². The molecule has 2 rings (SSSR count). The molecule has 1 atom stereocenters. The third-order valence-corrected chi connectivity index (χ3v) is 3.70. The predicted octanol–water partition coefficient (Wildman–Crippen LogP) is 3.64. The summed E-state index contributed by atoms with van der Waals surface area (Å²) in [5, 5.41) is 3.02. The van der Waals surface area contributed by atoms with E-state index in [1.54, 1.807) is 20.3 Å². The van der Waals surface area contributed by atoms with E-state index in [9.17, 15) is 4.79 Å². The van der Waals surface area contributed by atoms with Gasteiger partial charge >= 0.3 is 0 Å². The van der Waals surface area contributed by atoms with E-state index in [0.717, 1.165) is 22.4 Å². The van der Waals surface area contributed by atoms with E-state index >= 15 is 0 Å². The molecule has 2 aromatic rings. The molecule has 0 aromatic heterocycles. The molecular weight excluding hydrogens is 290 g/mol. The number of ether oxygens (including phenoxy) is 2. The molecule has 23 heavy (non-hydrogen) atoms. The van der Waals surface area contributed by atoms with Gasteiger partial charge in [0.15, 0.2) is 0 Å². The van der Waals surface area contributed by atoms with Crippen molar-refractivity contribution >= 4 is 5.91 Å². The van der Waals surface area contributed by atoms with Gasteiger partial charge in [-0.2, -0.15) is 0 Å². The fourth-order valence-corrected chi connectivity index (χ4v) is 2.52. The Morgan fingerprint density at radius 1 is 1.17 bits per heavy atom. The largest absolute Gasteiger partial charge is 0.496 e. The van der Waals surface area contributed by atoms with Crippen LogP contribution in [0.4, 0.5) is 0 Å². The second-order valence-corrected chi connectivity index (χ2v) is 5.57. The van der Waals surface area contributed by atoms with Crippen LogP contribution in [0.15, 0.2) is 42.5 Å². The molecule has 0 radical (unpaired) electrons. The Morgan fingerprint density at radius 2 is 1.96 bits per heavy atom. The maximum atomic E-state index is 12.5. The molecule has 0 saturated carbocycles. The van der Waals surface area contributed by atoms with E-state index in [-0.39, 0.29) is 11.9 Å². The summed E-state index contributed by atoms with van der Waals surface area (Å²) in [6.07, 6.45) is 0. The van der Waals surface area contributed by atoms with Gasteiger partial charge in [-0.25, -0.2) is 0 Å². The molecular formula is C19H23NO3. The van der Waals surface area contributed by atoms with E-state index in [0.29, 0.717) is 12.2 Å². The van der Waals surface area contributed by atoms with Crippen LogP contribution in [0.25, 0.3) is 0 Å². The van der Waals surface area contributed by atoms with Gasteiger partial charge in [-0.05, 0) is 37.6 Å². The van der Waals surface area contributed by atoms with Gasteiger partial charge in [0.1, 0.15) is 5.75 Å². The summed E-state index contributed by atoms with van der Waals surface area (Å²) in [6, 6.07) is 13.2. The smallest absolute Gasteiger partial charge is 0.251 e. The summed E-state index contributed by atoms with van der Waals surface area (Å²) in [6.45, 7) is 4.46. The highest BCUT2D eigenvalue weighted by molar-refractivity contribution is 5.94. The first-order chi connectivity index (χ1) is 11.0. The van der Waals surface area contributed by atoms with Gasteiger partial charge in [-0.15, -0.1) is 0 Å². The summed E-state index contributed by atoms with van der Waals surface area (Å²) in [4.78, 5) is 12.5. The molecule has 0 unspecified atom stereocenters. The van der Waals surface area contributed by atoms with E-state index in [2.05, 4.69) is 5.32 Å². The quantitative estimate of drug-likeness (QED) is 0.885. The lowest BCUT2D eigenvalue weighted by Crippen LogP contribution is -2.27. The summed E-state index contributed by atoms with van der Waals surface area (Å²) in [5.74, 6) is 0.663. The summed E-state index contributed by atoms with van der Waals surface area (Å²) in [5.41, 5.74) is 3.69. The van der Waals surface area contributed by atoms with Gasteiger partial charge < -0.3 is 14.8 Å². The zero-order chi connectivity index (χ0) is 16.8. The molecule has 1 amide bonds. The molecule has 0 fully saturated rings. The van der Waals surface area contributed by atoms with Crippen LogP contribution in [0.5, 0.6) is 5.75 Å². The Balaban J connectivity index is 2.16. The van der Waals surface area contributed by atoms with Crippen molar-refractivity contribution in [2.24, 2.45) is 0 Å². The van der Waals surface area contributed by atoms with Gasteiger partial charge in [0.05, 0.1) is 19.8 Å².